The highest BCUT2D eigenvalue weighted by Crippen LogP contribution is 2.23. The lowest BCUT2D eigenvalue weighted by Crippen LogP contribution is -2.16. The number of aromatic nitrogens is 1. The minimum atomic E-state index is -0.642. The van der Waals surface area contributed by atoms with Gasteiger partial charge in [0.15, 0.2) is 0 Å². The zero-order valence-corrected chi connectivity index (χ0v) is 14.5. The number of rotatable bonds is 4. The van der Waals surface area contributed by atoms with Crippen LogP contribution < -0.4 is 5.32 Å². The number of halogens is 2. The van der Waals surface area contributed by atoms with Crippen LogP contribution in [0.15, 0.2) is 18.2 Å². The monoisotopic (exact) mass is 352 g/mol. The molecule has 0 aliphatic heterocycles. The first-order valence-electron chi connectivity index (χ1n) is 7.37. The van der Waals surface area contributed by atoms with Gasteiger partial charge in [-0.2, -0.15) is 0 Å². The topological polar surface area (TPSA) is 71.2 Å². The Labute approximate surface area is 144 Å². The Morgan fingerprint density at radius 1 is 1.29 bits per heavy atom. The van der Waals surface area contributed by atoms with Gasteiger partial charge in [-0.1, -0.05) is 11.6 Å². The fraction of sp³-hybridized carbons (Fsp3) is 0.294. The Balaban J connectivity index is 2.29. The fourth-order valence-electron chi connectivity index (χ4n) is 2.33. The number of H-pyrrole nitrogens is 1. The number of benzene rings is 1. The molecule has 0 spiro atoms. The second kappa shape index (κ2) is 7.05. The molecule has 0 aliphatic rings. The van der Waals surface area contributed by atoms with Crippen LogP contribution in [0.5, 0.6) is 0 Å². The minimum absolute atomic E-state index is 0.00219. The highest BCUT2D eigenvalue weighted by Gasteiger charge is 2.24. The Morgan fingerprint density at radius 3 is 2.54 bits per heavy atom. The number of nitrogens with one attached hydrogen (secondary N) is 2. The molecule has 0 radical (unpaired) electrons. The third kappa shape index (κ3) is 3.76. The van der Waals surface area contributed by atoms with E-state index in [1.54, 1.807) is 27.7 Å². The predicted octanol–water partition coefficient (Wildman–Crippen LogP) is 4.24. The van der Waals surface area contributed by atoms with E-state index in [9.17, 15) is 14.0 Å². The molecule has 7 heteroatoms. The number of hydrogen-bond acceptors (Lipinski definition) is 3. The number of anilines is 1. The van der Waals surface area contributed by atoms with E-state index in [0.717, 1.165) is 6.07 Å². The molecule has 0 bridgehead atoms. The summed E-state index contributed by atoms with van der Waals surface area (Å²) in [5, 5.41) is 2.69. The van der Waals surface area contributed by atoms with Gasteiger partial charge in [-0.25, -0.2) is 9.18 Å². The van der Waals surface area contributed by atoms with Gasteiger partial charge in [-0.15, -0.1) is 0 Å². The van der Waals surface area contributed by atoms with E-state index < -0.39 is 17.7 Å². The zero-order valence-electron chi connectivity index (χ0n) is 13.8. The van der Waals surface area contributed by atoms with Crippen molar-refractivity contribution in [2.24, 2.45) is 0 Å². The number of ether oxygens (including phenoxy) is 1. The van der Waals surface area contributed by atoms with Crippen LogP contribution in [0, 0.1) is 19.7 Å². The van der Waals surface area contributed by atoms with Gasteiger partial charge in [-0.05, 0) is 51.5 Å². The Bertz CT molecular complexity index is 799. The average molecular weight is 353 g/mol. The Kier molecular flexibility index (Phi) is 5.29. The summed E-state index contributed by atoms with van der Waals surface area (Å²) in [6.45, 7) is 6.79. The summed E-state index contributed by atoms with van der Waals surface area (Å²) in [6.07, 6.45) is -0.272. The molecule has 2 rings (SSSR count). The van der Waals surface area contributed by atoms with Gasteiger partial charge in [0.25, 0.3) is 5.91 Å². The Morgan fingerprint density at radius 2 is 1.96 bits per heavy atom. The summed E-state index contributed by atoms with van der Waals surface area (Å²) in [4.78, 5) is 27.4. The number of aryl methyl sites for hydroxylation is 1. The van der Waals surface area contributed by atoms with Crippen molar-refractivity contribution in [2.75, 3.05) is 5.32 Å². The summed E-state index contributed by atoms with van der Waals surface area (Å²) >= 11 is 5.69. The number of aromatic amines is 1. The van der Waals surface area contributed by atoms with E-state index in [4.69, 9.17) is 16.3 Å². The molecule has 0 fully saturated rings. The lowest BCUT2D eigenvalue weighted by Gasteiger charge is -2.08. The van der Waals surface area contributed by atoms with Crippen molar-refractivity contribution in [3.63, 3.8) is 0 Å². The zero-order chi connectivity index (χ0) is 18.0. The number of hydrogen-bond donors (Lipinski definition) is 2. The van der Waals surface area contributed by atoms with Gasteiger partial charge in [0.05, 0.1) is 17.4 Å². The van der Waals surface area contributed by atoms with Crippen molar-refractivity contribution < 1.29 is 18.7 Å². The van der Waals surface area contributed by atoms with E-state index in [2.05, 4.69) is 10.3 Å². The maximum absolute atomic E-state index is 13.8. The second-order valence-electron chi connectivity index (χ2n) is 5.66. The highest BCUT2D eigenvalue weighted by atomic mass is 35.5. The summed E-state index contributed by atoms with van der Waals surface area (Å²) < 4.78 is 19.0. The molecular weight excluding hydrogens is 335 g/mol. The molecule has 24 heavy (non-hydrogen) atoms. The molecule has 1 aromatic carbocycles. The van der Waals surface area contributed by atoms with Crippen LogP contribution in [0.4, 0.5) is 10.1 Å². The maximum Gasteiger partial charge on any atom is 0.340 e. The van der Waals surface area contributed by atoms with Crippen molar-refractivity contribution in [3.8, 4) is 0 Å². The molecule has 0 saturated heterocycles. The van der Waals surface area contributed by atoms with Crippen LogP contribution in [0.25, 0.3) is 0 Å². The van der Waals surface area contributed by atoms with Crippen molar-refractivity contribution in [3.05, 3.63) is 51.6 Å². The molecule has 1 amide bonds. The summed E-state index contributed by atoms with van der Waals surface area (Å²) in [6, 6.07) is 3.95. The SMILES string of the molecule is Cc1[nH]c(C(=O)Nc2ccc(Cl)cc2F)c(C)c1C(=O)OC(C)C. The third-order valence-electron chi connectivity index (χ3n) is 3.39. The molecule has 0 atom stereocenters. The normalized spacial score (nSPS) is 10.8. The fourth-order valence-corrected chi connectivity index (χ4v) is 2.49. The van der Waals surface area contributed by atoms with E-state index in [1.807, 2.05) is 0 Å². The predicted molar refractivity (Wildman–Crippen MR) is 90.2 cm³/mol. The largest absolute Gasteiger partial charge is 0.459 e. The van der Waals surface area contributed by atoms with Gasteiger partial charge in [-0.3, -0.25) is 4.79 Å². The smallest absolute Gasteiger partial charge is 0.340 e. The highest BCUT2D eigenvalue weighted by molar-refractivity contribution is 6.30. The number of carbonyl (C=O) groups excluding carboxylic acids is 2. The first-order chi connectivity index (χ1) is 11.2. The molecule has 0 aliphatic carbocycles. The van der Waals surface area contributed by atoms with Crippen molar-refractivity contribution >= 4 is 29.2 Å². The van der Waals surface area contributed by atoms with E-state index in [0.29, 0.717) is 16.8 Å². The number of esters is 1. The number of amides is 1. The minimum Gasteiger partial charge on any atom is -0.459 e. The van der Waals surface area contributed by atoms with Crippen LogP contribution in [0.3, 0.4) is 0 Å². The molecule has 2 aromatic rings. The molecule has 1 heterocycles. The average Bonchev–Trinajstić information content (AvgIpc) is 2.76. The van der Waals surface area contributed by atoms with Crippen LogP contribution >= 0.6 is 11.6 Å². The lowest BCUT2D eigenvalue weighted by molar-refractivity contribution is 0.0376. The third-order valence-corrected chi connectivity index (χ3v) is 3.63. The van der Waals surface area contributed by atoms with Crippen LogP contribution in [-0.4, -0.2) is 23.0 Å². The first-order valence-corrected chi connectivity index (χ1v) is 7.75. The quantitative estimate of drug-likeness (QED) is 0.808. The van der Waals surface area contributed by atoms with E-state index in [1.165, 1.54) is 12.1 Å². The van der Waals surface area contributed by atoms with Crippen LogP contribution in [0.1, 0.15) is 46.0 Å². The van der Waals surface area contributed by atoms with Crippen LogP contribution in [-0.2, 0) is 4.74 Å². The molecule has 0 saturated carbocycles. The van der Waals surface area contributed by atoms with E-state index in [-0.39, 0.29) is 22.5 Å². The lowest BCUT2D eigenvalue weighted by atomic mass is 10.1. The standard InChI is InChI=1S/C17H18ClFN2O3/c1-8(2)24-17(23)14-9(3)15(20-10(14)4)16(22)21-13-6-5-11(18)7-12(13)19/h5-8,20H,1-4H3,(H,21,22). The first kappa shape index (κ1) is 18.0. The summed E-state index contributed by atoms with van der Waals surface area (Å²) in [5.74, 6) is -1.70. The molecule has 2 N–H and O–H groups in total. The molecule has 0 unspecified atom stereocenters. The van der Waals surface area contributed by atoms with Crippen molar-refractivity contribution in [2.45, 2.75) is 33.8 Å². The van der Waals surface area contributed by atoms with Gasteiger partial charge < -0.3 is 15.0 Å². The molecular formula is C17H18ClFN2O3. The Hall–Kier alpha value is -2.34. The molecule has 128 valence electrons. The molecule has 1 aromatic heterocycles. The number of carbonyl (C=O) groups is 2. The maximum atomic E-state index is 13.8. The van der Waals surface area contributed by atoms with Crippen LogP contribution in [0.2, 0.25) is 5.02 Å². The molecule has 5 nitrogen and oxygen atoms in total. The van der Waals surface area contributed by atoms with Gasteiger partial charge in [0, 0.05) is 10.7 Å². The van der Waals surface area contributed by atoms with Gasteiger partial charge in [0.1, 0.15) is 11.5 Å². The van der Waals surface area contributed by atoms with Crippen molar-refractivity contribution in [1.29, 1.82) is 0 Å². The second-order valence-corrected chi connectivity index (χ2v) is 6.09. The van der Waals surface area contributed by atoms with Gasteiger partial charge >= 0.3 is 5.97 Å². The summed E-state index contributed by atoms with van der Waals surface area (Å²) in [7, 11) is 0. The van der Waals surface area contributed by atoms with E-state index >= 15 is 0 Å². The van der Waals surface area contributed by atoms with Gasteiger partial charge in [0.2, 0.25) is 0 Å². The van der Waals surface area contributed by atoms with Crippen molar-refractivity contribution in [1.82, 2.24) is 4.98 Å². The summed E-state index contributed by atoms with van der Waals surface area (Å²) in [5.41, 5.74) is 1.45.